The van der Waals surface area contributed by atoms with E-state index in [0.717, 1.165) is 6.42 Å². The Labute approximate surface area is 69.4 Å². The van der Waals surface area contributed by atoms with Gasteiger partial charge in [0.15, 0.2) is 0 Å². The first-order valence-corrected chi connectivity index (χ1v) is 4.80. The Bertz CT molecular complexity index is 36.2. The molecule has 0 rings (SSSR count). The van der Waals surface area contributed by atoms with Crippen molar-refractivity contribution in [2.45, 2.75) is 21.9 Å². The molecule has 0 aliphatic heterocycles. The highest BCUT2D eigenvalue weighted by molar-refractivity contribution is 9.24. The Morgan fingerprint density at radius 2 is 1.71 bits per heavy atom. The summed E-state index contributed by atoms with van der Waals surface area (Å²) in [7, 11) is 0. The van der Waals surface area contributed by atoms with E-state index >= 15 is 0 Å². The van der Waals surface area contributed by atoms with Crippen molar-refractivity contribution < 1.29 is 0 Å². The smallest absolute Gasteiger partial charge is 0.0708 e. The van der Waals surface area contributed by atoms with Crippen molar-refractivity contribution in [1.29, 1.82) is 0 Å². The first kappa shape index (κ1) is 8.44. The summed E-state index contributed by atoms with van der Waals surface area (Å²) in [4.78, 5) is 0.594. The van der Waals surface area contributed by atoms with Crippen LogP contribution in [0.3, 0.4) is 0 Å². The molecule has 1 atom stereocenters. The fourth-order valence-electron chi connectivity index (χ4n) is 0.246. The Hall–Kier alpha value is 1.44. The Balaban J connectivity index is 2.95. The van der Waals surface area contributed by atoms with Gasteiger partial charge in [-0.2, -0.15) is 0 Å². The maximum absolute atomic E-state index is 3.41. The second kappa shape index (κ2) is 4.33. The molecule has 1 unspecified atom stereocenters. The molecule has 0 amide bonds. The predicted octanol–water partition coefficient (Wildman–Crippen LogP) is 3.28. The molecule has 0 heterocycles. The van der Waals surface area contributed by atoms with Gasteiger partial charge in [-0.05, 0) is 6.42 Å². The molecule has 44 valence electrons. The van der Waals surface area contributed by atoms with Gasteiger partial charge in [-0.3, -0.25) is 0 Å². The van der Waals surface area contributed by atoms with Crippen LogP contribution in [0.2, 0.25) is 0 Å². The minimum absolute atomic E-state index is 0.453. The summed E-state index contributed by atoms with van der Waals surface area (Å²) in [5.41, 5.74) is 0. The van der Waals surface area contributed by atoms with Crippen molar-refractivity contribution in [2.75, 3.05) is 0 Å². The van der Waals surface area contributed by atoms with Crippen LogP contribution in [0.4, 0.5) is 0 Å². The maximum Gasteiger partial charge on any atom is 0.0708 e. The second-order valence-corrected chi connectivity index (χ2v) is 6.41. The standard InChI is InChI=1S/C4H7Br3/c1-3(5)2-4(6)7/h3-4H,2H2,1H3. The van der Waals surface area contributed by atoms with E-state index in [2.05, 4.69) is 54.7 Å². The van der Waals surface area contributed by atoms with Gasteiger partial charge in [0, 0.05) is 4.83 Å². The fraction of sp³-hybridized carbons (Fsp3) is 1.00. The average molecular weight is 295 g/mol. The number of rotatable bonds is 2. The van der Waals surface area contributed by atoms with Gasteiger partial charge in [-0.15, -0.1) is 0 Å². The van der Waals surface area contributed by atoms with Gasteiger partial charge in [0.1, 0.15) is 0 Å². The molecule has 0 saturated carbocycles. The summed E-state index contributed by atoms with van der Waals surface area (Å²) >= 11 is 10.1. The summed E-state index contributed by atoms with van der Waals surface area (Å²) in [5, 5.41) is 0. The highest BCUT2D eigenvalue weighted by atomic mass is 79.9. The van der Waals surface area contributed by atoms with E-state index in [0.29, 0.717) is 8.56 Å². The highest BCUT2D eigenvalue weighted by Crippen LogP contribution is 2.18. The SMILES string of the molecule is CC(Br)CC(Br)Br. The van der Waals surface area contributed by atoms with E-state index in [-0.39, 0.29) is 0 Å². The minimum Gasteiger partial charge on any atom is -0.0893 e. The Morgan fingerprint density at radius 3 is 1.71 bits per heavy atom. The Kier molecular flexibility index (Phi) is 5.22. The van der Waals surface area contributed by atoms with Crippen LogP contribution >= 0.6 is 47.8 Å². The van der Waals surface area contributed by atoms with Crippen molar-refractivity contribution in [2.24, 2.45) is 0 Å². The topological polar surface area (TPSA) is 0 Å². The normalized spacial score (nSPS) is 15.0. The second-order valence-electron chi connectivity index (χ2n) is 1.41. The number of hydrogen-bond donors (Lipinski definition) is 0. The van der Waals surface area contributed by atoms with Crippen LogP contribution in [-0.4, -0.2) is 8.56 Å². The third kappa shape index (κ3) is 7.44. The molecule has 0 fully saturated rings. The van der Waals surface area contributed by atoms with Crippen LogP contribution in [0.15, 0.2) is 0 Å². The van der Waals surface area contributed by atoms with Crippen LogP contribution in [0.5, 0.6) is 0 Å². The molecule has 0 aliphatic rings. The number of alkyl halides is 3. The number of hydrogen-bond acceptors (Lipinski definition) is 0. The molecule has 0 aromatic heterocycles. The van der Waals surface area contributed by atoms with Gasteiger partial charge in [0.2, 0.25) is 0 Å². The Morgan fingerprint density at radius 1 is 1.29 bits per heavy atom. The molecule has 0 radical (unpaired) electrons. The molecule has 0 bridgehead atoms. The lowest BCUT2D eigenvalue weighted by molar-refractivity contribution is 0.919. The van der Waals surface area contributed by atoms with Gasteiger partial charge in [-0.1, -0.05) is 54.7 Å². The molecule has 7 heavy (non-hydrogen) atoms. The van der Waals surface area contributed by atoms with Crippen molar-refractivity contribution in [3.05, 3.63) is 0 Å². The summed E-state index contributed by atoms with van der Waals surface area (Å²) in [6.45, 7) is 2.12. The predicted molar refractivity (Wildman–Crippen MR) is 44.6 cm³/mol. The van der Waals surface area contributed by atoms with E-state index < -0.39 is 0 Å². The highest BCUT2D eigenvalue weighted by Gasteiger charge is 2.00. The molecule has 0 spiro atoms. The first-order chi connectivity index (χ1) is 3.13. The quantitative estimate of drug-likeness (QED) is 0.686. The zero-order chi connectivity index (χ0) is 5.86. The van der Waals surface area contributed by atoms with Gasteiger partial charge in [-0.25, -0.2) is 0 Å². The zero-order valence-corrected chi connectivity index (χ0v) is 8.75. The summed E-state index contributed by atoms with van der Waals surface area (Å²) in [6, 6.07) is 0. The maximum atomic E-state index is 3.41. The van der Waals surface area contributed by atoms with E-state index in [4.69, 9.17) is 0 Å². The largest absolute Gasteiger partial charge is 0.0893 e. The van der Waals surface area contributed by atoms with Crippen molar-refractivity contribution >= 4 is 47.8 Å². The molecule has 3 heteroatoms. The summed E-state index contributed by atoms with van der Waals surface area (Å²) in [5.74, 6) is 0. The van der Waals surface area contributed by atoms with Gasteiger partial charge < -0.3 is 0 Å². The van der Waals surface area contributed by atoms with E-state index in [1.165, 1.54) is 0 Å². The average Bonchev–Trinajstić information content (AvgIpc) is 1.27. The van der Waals surface area contributed by atoms with Gasteiger partial charge in [0.25, 0.3) is 0 Å². The van der Waals surface area contributed by atoms with E-state index in [1.807, 2.05) is 0 Å². The van der Waals surface area contributed by atoms with Crippen LogP contribution in [-0.2, 0) is 0 Å². The molecular formula is C4H7Br3. The van der Waals surface area contributed by atoms with Crippen LogP contribution in [0.25, 0.3) is 0 Å². The van der Waals surface area contributed by atoms with Crippen LogP contribution in [0.1, 0.15) is 13.3 Å². The van der Waals surface area contributed by atoms with Crippen LogP contribution in [0, 0.1) is 0 Å². The molecule has 0 aliphatic carbocycles. The molecule has 0 aromatic rings. The molecule has 0 nitrogen and oxygen atoms in total. The lowest BCUT2D eigenvalue weighted by Gasteiger charge is -2.00. The van der Waals surface area contributed by atoms with Crippen LogP contribution < -0.4 is 0 Å². The molecule has 0 saturated heterocycles. The van der Waals surface area contributed by atoms with Crippen molar-refractivity contribution in [1.82, 2.24) is 0 Å². The lowest BCUT2D eigenvalue weighted by Crippen LogP contribution is -1.94. The van der Waals surface area contributed by atoms with E-state index in [9.17, 15) is 0 Å². The van der Waals surface area contributed by atoms with Gasteiger partial charge >= 0.3 is 0 Å². The zero-order valence-electron chi connectivity index (χ0n) is 4.00. The lowest BCUT2D eigenvalue weighted by atomic mass is 10.4. The third-order valence-electron chi connectivity index (χ3n) is 0.503. The summed E-state index contributed by atoms with van der Waals surface area (Å²) < 4.78 is 0.453. The molecular weight excluding hydrogens is 288 g/mol. The number of halogens is 3. The third-order valence-corrected chi connectivity index (χ3v) is 1.62. The van der Waals surface area contributed by atoms with Crippen molar-refractivity contribution in [3.8, 4) is 0 Å². The van der Waals surface area contributed by atoms with Gasteiger partial charge in [0.05, 0.1) is 3.74 Å². The van der Waals surface area contributed by atoms with Crippen molar-refractivity contribution in [3.63, 3.8) is 0 Å². The molecule has 0 aromatic carbocycles. The fourth-order valence-corrected chi connectivity index (χ4v) is 2.74. The molecule has 0 N–H and O–H groups in total. The monoisotopic (exact) mass is 292 g/mol. The van der Waals surface area contributed by atoms with E-state index in [1.54, 1.807) is 0 Å². The first-order valence-electron chi connectivity index (χ1n) is 2.05. The minimum atomic E-state index is 0.453. The summed E-state index contributed by atoms with van der Waals surface area (Å²) in [6.07, 6.45) is 1.11.